The summed E-state index contributed by atoms with van der Waals surface area (Å²) in [6, 6.07) is 8.96. The molecule has 0 saturated carbocycles. The average molecular weight is 276 g/mol. The van der Waals surface area contributed by atoms with Gasteiger partial charge < -0.3 is 10.5 Å². The van der Waals surface area contributed by atoms with Gasteiger partial charge in [-0.1, -0.05) is 19.1 Å². The number of hydrogen-bond acceptors (Lipinski definition) is 3. The quantitative estimate of drug-likeness (QED) is 0.898. The molecule has 1 heterocycles. The van der Waals surface area contributed by atoms with Gasteiger partial charge in [-0.15, -0.1) is 0 Å². The number of nitrogens with zero attached hydrogens (tertiary/aromatic N) is 1. The first-order valence-electron chi connectivity index (χ1n) is 7.80. The monoisotopic (exact) mass is 276 g/mol. The van der Waals surface area contributed by atoms with Gasteiger partial charge in [0.2, 0.25) is 0 Å². The third-order valence-corrected chi connectivity index (χ3v) is 4.13. The third-order valence-electron chi connectivity index (χ3n) is 4.13. The molecule has 1 saturated heterocycles. The minimum absolute atomic E-state index is 0.219. The van der Waals surface area contributed by atoms with Crippen LogP contribution in [0.1, 0.15) is 39.2 Å². The first-order valence-corrected chi connectivity index (χ1v) is 7.80. The molecule has 0 amide bonds. The van der Waals surface area contributed by atoms with Gasteiger partial charge in [0.05, 0.1) is 6.10 Å². The Morgan fingerprint density at radius 2 is 2.20 bits per heavy atom. The van der Waals surface area contributed by atoms with Crippen LogP contribution in [0.4, 0.5) is 0 Å². The van der Waals surface area contributed by atoms with E-state index in [9.17, 15) is 0 Å². The second-order valence-electron chi connectivity index (χ2n) is 6.21. The van der Waals surface area contributed by atoms with E-state index in [1.807, 2.05) is 6.07 Å². The van der Waals surface area contributed by atoms with Crippen molar-refractivity contribution in [3.05, 3.63) is 29.8 Å². The Labute approximate surface area is 123 Å². The Morgan fingerprint density at radius 1 is 1.40 bits per heavy atom. The molecule has 112 valence electrons. The molecule has 20 heavy (non-hydrogen) atoms. The van der Waals surface area contributed by atoms with Crippen LogP contribution in [-0.4, -0.2) is 30.1 Å². The maximum atomic E-state index is 5.97. The molecule has 0 spiro atoms. The lowest BCUT2D eigenvalue weighted by molar-refractivity contribution is 0.0989. The second kappa shape index (κ2) is 7.09. The molecule has 1 aliphatic rings. The topological polar surface area (TPSA) is 38.5 Å². The number of nitrogens with two attached hydrogens (primary N) is 1. The van der Waals surface area contributed by atoms with Gasteiger partial charge >= 0.3 is 0 Å². The minimum atomic E-state index is 0.219. The molecule has 0 bridgehead atoms. The molecule has 2 atom stereocenters. The van der Waals surface area contributed by atoms with Crippen molar-refractivity contribution in [2.24, 2.45) is 11.7 Å². The van der Waals surface area contributed by atoms with Crippen LogP contribution in [-0.2, 0) is 6.54 Å². The lowest BCUT2D eigenvalue weighted by Gasteiger charge is -2.39. The molecule has 3 heteroatoms. The summed E-state index contributed by atoms with van der Waals surface area (Å²) in [5.74, 6) is 1.66. The lowest BCUT2D eigenvalue weighted by atomic mass is 9.90. The SMILES string of the molecule is CC(C)Oc1cccc(CN2CCCC(C)C2CN)c1. The van der Waals surface area contributed by atoms with E-state index in [0.717, 1.165) is 25.4 Å². The standard InChI is InChI=1S/C17H28N2O/c1-13(2)20-16-8-4-7-15(10-16)12-19-9-5-6-14(3)17(19)11-18/h4,7-8,10,13-14,17H,5-6,9,11-12,18H2,1-3H3. The van der Waals surface area contributed by atoms with Crippen LogP contribution < -0.4 is 10.5 Å². The maximum Gasteiger partial charge on any atom is 0.120 e. The summed E-state index contributed by atoms with van der Waals surface area (Å²) < 4.78 is 5.78. The van der Waals surface area contributed by atoms with Crippen molar-refractivity contribution in [3.63, 3.8) is 0 Å². The molecular formula is C17H28N2O. The van der Waals surface area contributed by atoms with Crippen molar-refractivity contribution in [3.8, 4) is 5.75 Å². The Hall–Kier alpha value is -1.06. The predicted molar refractivity (Wildman–Crippen MR) is 83.9 cm³/mol. The molecule has 2 rings (SSSR count). The summed E-state index contributed by atoms with van der Waals surface area (Å²) in [6.45, 7) is 9.32. The second-order valence-corrected chi connectivity index (χ2v) is 6.21. The van der Waals surface area contributed by atoms with Crippen LogP contribution >= 0.6 is 0 Å². The van der Waals surface area contributed by atoms with E-state index >= 15 is 0 Å². The Morgan fingerprint density at radius 3 is 2.90 bits per heavy atom. The first kappa shape index (κ1) is 15.3. The van der Waals surface area contributed by atoms with Gasteiger partial charge in [-0.25, -0.2) is 0 Å². The molecule has 1 aromatic rings. The predicted octanol–water partition coefficient (Wildman–Crippen LogP) is 3.03. The number of ether oxygens (including phenoxy) is 1. The molecule has 1 fully saturated rings. The van der Waals surface area contributed by atoms with Crippen LogP contribution in [0.15, 0.2) is 24.3 Å². The summed E-state index contributed by atoms with van der Waals surface area (Å²) in [6.07, 6.45) is 2.80. The van der Waals surface area contributed by atoms with Gasteiger partial charge in [-0.2, -0.15) is 0 Å². The molecular weight excluding hydrogens is 248 g/mol. The fourth-order valence-electron chi connectivity index (χ4n) is 3.14. The fourth-order valence-corrected chi connectivity index (χ4v) is 3.14. The van der Waals surface area contributed by atoms with Gasteiger partial charge in [-0.3, -0.25) is 4.90 Å². The zero-order valence-electron chi connectivity index (χ0n) is 13.0. The summed E-state index contributed by atoms with van der Waals surface area (Å²) in [4.78, 5) is 2.53. The highest BCUT2D eigenvalue weighted by Gasteiger charge is 2.27. The van der Waals surface area contributed by atoms with Crippen LogP contribution in [0.2, 0.25) is 0 Å². The summed E-state index contributed by atoms with van der Waals surface area (Å²) >= 11 is 0. The van der Waals surface area contributed by atoms with Crippen LogP contribution in [0.25, 0.3) is 0 Å². The number of rotatable bonds is 5. The van der Waals surface area contributed by atoms with Crippen molar-refractivity contribution in [2.75, 3.05) is 13.1 Å². The van der Waals surface area contributed by atoms with E-state index in [0.29, 0.717) is 12.0 Å². The van der Waals surface area contributed by atoms with Crippen molar-refractivity contribution in [2.45, 2.75) is 52.3 Å². The van der Waals surface area contributed by atoms with E-state index < -0.39 is 0 Å². The van der Waals surface area contributed by atoms with Gasteiger partial charge in [0.1, 0.15) is 5.75 Å². The molecule has 2 N–H and O–H groups in total. The molecule has 0 aromatic heterocycles. The molecule has 3 nitrogen and oxygen atoms in total. The fraction of sp³-hybridized carbons (Fsp3) is 0.647. The Bertz CT molecular complexity index is 419. The number of piperidine rings is 1. The zero-order chi connectivity index (χ0) is 14.5. The number of benzene rings is 1. The van der Waals surface area contributed by atoms with E-state index in [-0.39, 0.29) is 6.10 Å². The average Bonchev–Trinajstić information content (AvgIpc) is 2.38. The lowest BCUT2D eigenvalue weighted by Crippen LogP contribution is -2.47. The molecule has 1 aromatic carbocycles. The number of likely N-dealkylation sites (tertiary alicyclic amines) is 1. The van der Waals surface area contributed by atoms with Gasteiger partial charge in [-0.05, 0) is 56.8 Å². The van der Waals surface area contributed by atoms with Crippen molar-refractivity contribution in [1.29, 1.82) is 0 Å². The summed E-state index contributed by atoms with van der Waals surface area (Å²) in [5, 5.41) is 0. The van der Waals surface area contributed by atoms with Crippen LogP contribution in [0, 0.1) is 5.92 Å². The molecule has 2 unspecified atom stereocenters. The smallest absolute Gasteiger partial charge is 0.120 e. The number of hydrogen-bond donors (Lipinski definition) is 1. The molecule has 0 radical (unpaired) electrons. The van der Waals surface area contributed by atoms with E-state index in [1.165, 1.54) is 18.4 Å². The third kappa shape index (κ3) is 3.97. The summed E-state index contributed by atoms with van der Waals surface area (Å²) in [7, 11) is 0. The largest absolute Gasteiger partial charge is 0.491 e. The van der Waals surface area contributed by atoms with Gasteiger partial charge in [0.15, 0.2) is 0 Å². The minimum Gasteiger partial charge on any atom is -0.491 e. The van der Waals surface area contributed by atoms with Crippen molar-refractivity contribution >= 4 is 0 Å². The van der Waals surface area contributed by atoms with Gasteiger partial charge in [0, 0.05) is 19.1 Å². The highest BCUT2D eigenvalue weighted by atomic mass is 16.5. The first-order chi connectivity index (χ1) is 9.60. The normalized spacial score (nSPS) is 24.1. The van der Waals surface area contributed by atoms with Crippen LogP contribution in [0.5, 0.6) is 5.75 Å². The maximum absolute atomic E-state index is 5.97. The van der Waals surface area contributed by atoms with E-state index in [4.69, 9.17) is 10.5 Å². The van der Waals surface area contributed by atoms with E-state index in [2.05, 4.69) is 43.9 Å². The highest BCUT2D eigenvalue weighted by Crippen LogP contribution is 2.25. The Kier molecular flexibility index (Phi) is 5.44. The zero-order valence-corrected chi connectivity index (χ0v) is 13.0. The summed E-state index contributed by atoms with van der Waals surface area (Å²) in [5.41, 5.74) is 7.28. The highest BCUT2D eigenvalue weighted by molar-refractivity contribution is 5.28. The Balaban J connectivity index is 2.04. The van der Waals surface area contributed by atoms with Crippen molar-refractivity contribution in [1.82, 2.24) is 4.90 Å². The van der Waals surface area contributed by atoms with Crippen LogP contribution in [0.3, 0.4) is 0 Å². The van der Waals surface area contributed by atoms with E-state index in [1.54, 1.807) is 0 Å². The van der Waals surface area contributed by atoms with Gasteiger partial charge in [0.25, 0.3) is 0 Å². The van der Waals surface area contributed by atoms with Crippen molar-refractivity contribution < 1.29 is 4.74 Å². The molecule has 1 aliphatic heterocycles. The molecule has 0 aliphatic carbocycles.